The van der Waals surface area contributed by atoms with Crippen molar-refractivity contribution in [2.24, 2.45) is 0 Å². The number of aromatic nitrogens is 1. The molecular weight excluding hydrogens is 498 g/mol. The average Bonchev–Trinajstić information content (AvgIpc) is 3.18. The molecule has 3 aromatic carbocycles. The average molecular weight is 524 g/mol. The normalized spacial score (nSPS) is 15.6. The third-order valence-corrected chi connectivity index (χ3v) is 8.72. The van der Waals surface area contributed by atoms with Crippen molar-refractivity contribution in [3.8, 4) is 5.75 Å². The minimum Gasteiger partial charge on any atom is -0.476 e. The van der Waals surface area contributed by atoms with Crippen molar-refractivity contribution in [2.75, 3.05) is 16.2 Å². The van der Waals surface area contributed by atoms with Gasteiger partial charge in [0.25, 0.3) is 15.9 Å². The fourth-order valence-electron chi connectivity index (χ4n) is 4.27. The number of carbonyl (C=O) groups is 1. The molecule has 186 valence electrons. The van der Waals surface area contributed by atoms with Gasteiger partial charge < -0.3 is 10.1 Å². The van der Waals surface area contributed by atoms with Crippen molar-refractivity contribution in [1.82, 2.24) is 4.57 Å². The standard InChI is InChI=1S/C26H25N3O5S2/c1-16(2)29-20-11-10-18(14-24(20)35-26(29)31)27-25(30)23-15-28(21-13-17(3)9-12-22(21)34-23)36(32,33)19-7-5-4-6-8-19/h4-14,16,23H,15H2,1-3H3,(H,27,30). The number of nitrogens with one attached hydrogen (secondary N) is 1. The van der Waals surface area contributed by atoms with E-state index in [9.17, 15) is 18.0 Å². The quantitative estimate of drug-likeness (QED) is 0.414. The van der Waals surface area contributed by atoms with Gasteiger partial charge in [0.2, 0.25) is 0 Å². The highest BCUT2D eigenvalue weighted by Crippen LogP contribution is 2.38. The molecule has 0 aliphatic carbocycles. The van der Waals surface area contributed by atoms with Gasteiger partial charge >= 0.3 is 4.87 Å². The molecule has 0 saturated heterocycles. The highest BCUT2D eigenvalue weighted by atomic mass is 32.2. The van der Waals surface area contributed by atoms with Gasteiger partial charge in [-0.15, -0.1) is 0 Å². The fourth-order valence-corrected chi connectivity index (χ4v) is 6.81. The van der Waals surface area contributed by atoms with Gasteiger partial charge in [0.05, 0.1) is 27.3 Å². The van der Waals surface area contributed by atoms with E-state index >= 15 is 0 Å². The summed E-state index contributed by atoms with van der Waals surface area (Å²) in [4.78, 5) is 25.7. The molecule has 1 amide bonds. The predicted octanol–water partition coefficient (Wildman–Crippen LogP) is 4.55. The highest BCUT2D eigenvalue weighted by Gasteiger charge is 2.37. The molecule has 8 nitrogen and oxygen atoms in total. The van der Waals surface area contributed by atoms with E-state index in [2.05, 4.69) is 5.32 Å². The van der Waals surface area contributed by atoms with Crippen LogP contribution in [-0.4, -0.2) is 31.5 Å². The Morgan fingerprint density at radius 2 is 1.83 bits per heavy atom. The summed E-state index contributed by atoms with van der Waals surface area (Å²) in [5, 5.41) is 2.83. The first-order valence-electron chi connectivity index (χ1n) is 11.5. The van der Waals surface area contributed by atoms with Crippen LogP contribution in [0, 0.1) is 6.92 Å². The van der Waals surface area contributed by atoms with E-state index in [0.717, 1.165) is 27.1 Å². The van der Waals surface area contributed by atoms with Crippen LogP contribution in [0.4, 0.5) is 11.4 Å². The summed E-state index contributed by atoms with van der Waals surface area (Å²) in [6.45, 7) is 5.57. The van der Waals surface area contributed by atoms with Crippen LogP contribution < -0.4 is 19.2 Å². The number of rotatable bonds is 5. The molecular formula is C26H25N3O5S2. The van der Waals surface area contributed by atoms with E-state index in [-0.39, 0.29) is 22.4 Å². The predicted molar refractivity (Wildman–Crippen MR) is 142 cm³/mol. The summed E-state index contributed by atoms with van der Waals surface area (Å²) >= 11 is 1.11. The zero-order valence-corrected chi connectivity index (χ0v) is 21.6. The third-order valence-electron chi connectivity index (χ3n) is 6.00. The monoisotopic (exact) mass is 523 g/mol. The van der Waals surface area contributed by atoms with Gasteiger partial charge in [0.15, 0.2) is 6.10 Å². The molecule has 2 heterocycles. The zero-order chi connectivity index (χ0) is 25.6. The van der Waals surface area contributed by atoms with Crippen molar-refractivity contribution in [3.63, 3.8) is 0 Å². The van der Waals surface area contributed by atoms with Crippen LogP contribution in [0.1, 0.15) is 25.5 Å². The number of anilines is 2. The summed E-state index contributed by atoms with van der Waals surface area (Å²) in [5.74, 6) is -0.168. The first-order chi connectivity index (χ1) is 17.1. The summed E-state index contributed by atoms with van der Waals surface area (Å²) in [6.07, 6.45) is -1.08. The maximum absolute atomic E-state index is 13.5. The lowest BCUT2D eigenvalue weighted by Gasteiger charge is -2.35. The van der Waals surface area contributed by atoms with E-state index in [1.165, 1.54) is 16.4 Å². The van der Waals surface area contributed by atoms with Crippen molar-refractivity contribution < 1.29 is 17.9 Å². The van der Waals surface area contributed by atoms with Crippen LogP contribution in [0.3, 0.4) is 0 Å². The van der Waals surface area contributed by atoms with Gasteiger partial charge in [0, 0.05) is 11.7 Å². The van der Waals surface area contributed by atoms with Gasteiger partial charge in [-0.3, -0.25) is 18.5 Å². The maximum atomic E-state index is 13.5. The first kappa shape index (κ1) is 24.1. The zero-order valence-electron chi connectivity index (χ0n) is 20.0. The molecule has 10 heteroatoms. The number of nitrogens with zero attached hydrogens (tertiary/aromatic N) is 2. The minimum absolute atomic E-state index is 0.0172. The second-order valence-corrected chi connectivity index (χ2v) is 11.8. The van der Waals surface area contributed by atoms with Crippen LogP contribution in [0.25, 0.3) is 10.2 Å². The van der Waals surface area contributed by atoms with E-state index in [1.54, 1.807) is 53.1 Å². The molecule has 0 fully saturated rings. The summed E-state index contributed by atoms with van der Waals surface area (Å²) in [7, 11) is -3.93. The second-order valence-electron chi connectivity index (χ2n) is 8.93. The van der Waals surface area contributed by atoms with Gasteiger partial charge in [-0.2, -0.15) is 0 Å². The Balaban J connectivity index is 1.46. The molecule has 0 bridgehead atoms. The second kappa shape index (κ2) is 9.11. The van der Waals surface area contributed by atoms with Crippen LogP contribution in [0.2, 0.25) is 0 Å². The highest BCUT2D eigenvalue weighted by molar-refractivity contribution is 7.92. The minimum atomic E-state index is -3.93. The van der Waals surface area contributed by atoms with E-state index in [1.807, 2.05) is 26.8 Å². The lowest BCUT2D eigenvalue weighted by molar-refractivity contribution is -0.122. The number of hydrogen-bond donors (Lipinski definition) is 1. The fraction of sp³-hybridized carbons (Fsp3) is 0.231. The van der Waals surface area contributed by atoms with Crippen molar-refractivity contribution in [2.45, 2.75) is 37.8 Å². The molecule has 1 aliphatic heterocycles. The largest absolute Gasteiger partial charge is 0.476 e. The van der Waals surface area contributed by atoms with Gasteiger partial charge in [-0.25, -0.2) is 8.42 Å². The number of sulfonamides is 1. The number of fused-ring (bicyclic) bond motifs is 2. The summed E-state index contributed by atoms with van der Waals surface area (Å²) < 4.78 is 36.7. The number of benzene rings is 3. The molecule has 5 rings (SSSR count). The maximum Gasteiger partial charge on any atom is 0.308 e. The van der Waals surface area contributed by atoms with Crippen LogP contribution in [-0.2, 0) is 14.8 Å². The van der Waals surface area contributed by atoms with E-state index in [4.69, 9.17) is 4.74 Å². The lowest BCUT2D eigenvalue weighted by Crippen LogP contribution is -2.48. The Kier molecular flexibility index (Phi) is 6.09. The number of ether oxygens (including phenoxy) is 1. The third kappa shape index (κ3) is 4.27. The molecule has 1 unspecified atom stereocenters. The molecule has 1 N–H and O–H groups in total. The molecule has 0 spiro atoms. The number of amides is 1. The topological polar surface area (TPSA) is 97.7 Å². The number of carbonyl (C=O) groups excluding carboxylic acids is 1. The summed E-state index contributed by atoms with van der Waals surface area (Å²) in [6, 6.07) is 18.6. The van der Waals surface area contributed by atoms with Crippen molar-refractivity contribution >= 4 is 48.9 Å². The van der Waals surface area contributed by atoms with Crippen molar-refractivity contribution in [3.05, 3.63) is 82.0 Å². The molecule has 36 heavy (non-hydrogen) atoms. The Morgan fingerprint density at radius 3 is 2.56 bits per heavy atom. The van der Waals surface area contributed by atoms with Crippen LogP contribution in [0.15, 0.2) is 76.4 Å². The van der Waals surface area contributed by atoms with E-state index < -0.39 is 22.0 Å². The number of aryl methyl sites for hydroxylation is 1. The molecule has 4 aromatic rings. The first-order valence-corrected chi connectivity index (χ1v) is 13.7. The molecule has 1 aliphatic rings. The Morgan fingerprint density at radius 1 is 1.08 bits per heavy atom. The number of hydrogen-bond acceptors (Lipinski definition) is 6. The van der Waals surface area contributed by atoms with Gasteiger partial charge in [-0.05, 0) is 68.8 Å². The summed E-state index contributed by atoms with van der Waals surface area (Å²) in [5.41, 5.74) is 2.56. The van der Waals surface area contributed by atoms with E-state index in [0.29, 0.717) is 17.1 Å². The molecule has 1 aromatic heterocycles. The Hall–Kier alpha value is -3.63. The Bertz CT molecular complexity index is 1620. The number of thiazole rings is 1. The van der Waals surface area contributed by atoms with Crippen LogP contribution >= 0.6 is 11.3 Å². The smallest absolute Gasteiger partial charge is 0.308 e. The molecule has 1 atom stereocenters. The van der Waals surface area contributed by atoms with Crippen LogP contribution in [0.5, 0.6) is 5.75 Å². The van der Waals surface area contributed by atoms with Gasteiger partial charge in [0.1, 0.15) is 5.75 Å². The SMILES string of the molecule is Cc1ccc2c(c1)N(S(=O)(=O)c1ccccc1)CC(C(=O)Nc1ccc3c(c1)sc(=O)n3C(C)C)O2. The van der Waals surface area contributed by atoms with Crippen molar-refractivity contribution in [1.29, 1.82) is 0 Å². The van der Waals surface area contributed by atoms with Gasteiger partial charge in [-0.1, -0.05) is 35.6 Å². The lowest BCUT2D eigenvalue weighted by atomic mass is 10.1. The Labute approximate surface area is 212 Å². The molecule has 0 saturated carbocycles. The molecule has 0 radical (unpaired) electrons.